The van der Waals surface area contributed by atoms with Crippen LogP contribution in [0.3, 0.4) is 0 Å². The Hall–Kier alpha value is -1.74. The van der Waals surface area contributed by atoms with Gasteiger partial charge in [-0.15, -0.1) is 11.8 Å². The van der Waals surface area contributed by atoms with E-state index < -0.39 is 11.3 Å². The highest BCUT2D eigenvalue weighted by atomic mass is 32.2. The molecule has 8 nitrogen and oxygen atoms in total. The van der Waals surface area contributed by atoms with Crippen LogP contribution in [0, 0.1) is 23.2 Å². The summed E-state index contributed by atoms with van der Waals surface area (Å²) in [6.45, 7) is 7.60. The third-order valence-corrected chi connectivity index (χ3v) is 7.69. The average Bonchev–Trinajstić information content (AvgIpc) is 3.09. The molecule has 1 aromatic heterocycles. The summed E-state index contributed by atoms with van der Waals surface area (Å²) in [5, 5.41) is 17.2. The van der Waals surface area contributed by atoms with Gasteiger partial charge in [-0.1, -0.05) is 13.8 Å². The second kappa shape index (κ2) is 9.81. The topological polar surface area (TPSA) is 128 Å². The lowest BCUT2D eigenvalue weighted by Crippen LogP contribution is -2.47. The molecule has 2 aliphatic rings. The summed E-state index contributed by atoms with van der Waals surface area (Å²) >= 11 is 1.46. The van der Waals surface area contributed by atoms with Crippen LogP contribution in [0.25, 0.3) is 0 Å². The number of ether oxygens (including phenoxy) is 1. The minimum atomic E-state index is -0.873. The van der Waals surface area contributed by atoms with E-state index in [4.69, 9.17) is 15.0 Å². The van der Waals surface area contributed by atoms with Crippen molar-refractivity contribution < 1.29 is 24.0 Å². The van der Waals surface area contributed by atoms with Gasteiger partial charge in [-0.3, -0.25) is 9.59 Å². The average molecular weight is 454 g/mol. The third-order valence-electron chi connectivity index (χ3n) is 6.21. The van der Waals surface area contributed by atoms with Gasteiger partial charge in [0.2, 0.25) is 11.7 Å². The van der Waals surface area contributed by atoms with Crippen molar-refractivity contribution in [1.82, 2.24) is 10.5 Å². The first-order valence-electron chi connectivity index (χ1n) is 11.1. The van der Waals surface area contributed by atoms with E-state index in [1.807, 2.05) is 0 Å². The molecule has 1 heterocycles. The maximum Gasteiger partial charge on any atom is 0.291 e. The summed E-state index contributed by atoms with van der Waals surface area (Å²) in [4.78, 5) is 25.2. The molecule has 2 saturated carbocycles. The molecule has 4 N–H and O–H groups in total. The molecule has 2 fully saturated rings. The van der Waals surface area contributed by atoms with Gasteiger partial charge >= 0.3 is 0 Å². The van der Waals surface area contributed by atoms with Crippen LogP contribution in [0.15, 0.2) is 9.42 Å². The number of nitrogens with one attached hydrogen (secondary N) is 1. The molecular weight excluding hydrogens is 418 g/mol. The first-order valence-corrected chi connectivity index (χ1v) is 12.1. The molecule has 1 aromatic rings. The summed E-state index contributed by atoms with van der Waals surface area (Å²) in [6, 6.07) is 0.0184. The highest BCUT2D eigenvalue weighted by molar-refractivity contribution is 7.99. The highest BCUT2D eigenvalue weighted by Gasteiger charge is 2.38. The fourth-order valence-electron chi connectivity index (χ4n) is 4.29. The number of rotatable bonds is 9. The SMILES string of the molecule is CC(C)CSc1c(OCC(C)(C)C(N)=O)noc1C(=O)NC1CCC2CC1C[C@@H](O)C2. The van der Waals surface area contributed by atoms with Crippen LogP contribution in [0.4, 0.5) is 0 Å². The second-order valence-corrected chi connectivity index (χ2v) is 11.1. The molecule has 2 amide bonds. The van der Waals surface area contributed by atoms with E-state index in [0.717, 1.165) is 37.9 Å². The Bertz CT molecular complexity index is 792. The number of hydrogen-bond acceptors (Lipinski definition) is 7. The number of aliphatic hydroxyl groups is 1. The molecule has 3 unspecified atom stereocenters. The lowest BCUT2D eigenvalue weighted by Gasteiger charge is -2.42. The summed E-state index contributed by atoms with van der Waals surface area (Å²) in [5.41, 5.74) is 4.56. The number of aliphatic hydroxyl groups excluding tert-OH is 1. The van der Waals surface area contributed by atoms with Crippen molar-refractivity contribution in [2.45, 2.75) is 76.8 Å². The van der Waals surface area contributed by atoms with Gasteiger partial charge < -0.3 is 25.4 Å². The van der Waals surface area contributed by atoms with Crippen LogP contribution in [-0.4, -0.2) is 46.6 Å². The molecule has 31 heavy (non-hydrogen) atoms. The molecule has 0 saturated heterocycles. The van der Waals surface area contributed by atoms with Crippen molar-refractivity contribution >= 4 is 23.6 Å². The van der Waals surface area contributed by atoms with Gasteiger partial charge in [0.1, 0.15) is 11.5 Å². The van der Waals surface area contributed by atoms with E-state index in [1.54, 1.807) is 13.8 Å². The molecule has 174 valence electrons. The maximum absolute atomic E-state index is 13.1. The predicted octanol–water partition coefficient (Wildman–Crippen LogP) is 2.98. The molecule has 2 bridgehead atoms. The maximum atomic E-state index is 13.1. The predicted molar refractivity (Wildman–Crippen MR) is 118 cm³/mol. The molecular formula is C22H35N3O5S. The van der Waals surface area contributed by atoms with E-state index in [1.165, 1.54) is 11.8 Å². The van der Waals surface area contributed by atoms with E-state index >= 15 is 0 Å². The number of amides is 2. The molecule has 9 heteroatoms. The van der Waals surface area contributed by atoms with Gasteiger partial charge in [0.15, 0.2) is 0 Å². The van der Waals surface area contributed by atoms with E-state index in [2.05, 4.69) is 24.3 Å². The second-order valence-electron chi connectivity index (χ2n) is 10.0. The monoisotopic (exact) mass is 453 g/mol. The van der Waals surface area contributed by atoms with Crippen LogP contribution < -0.4 is 15.8 Å². The number of nitrogens with zero attached hydrogens (tertiary/aromatic N) is 1. The largest absolute Gasteiger partial charge is 0.474 e. The lowest BCUT2D eigenvalue weighted by molar-refractivity contribution is -0.127. The van der Waals surface area contributed by atoms with Crippen molar-refractivity contribution in [1.29, 1.82) is 0 Å². The number of carbonyl (C=O) groups is 2. The van der Waals surface area contributed by atoms with E-state index in [-0.39, 0.29) is 42.2 Å². The summed E-state index contributed by atoms with van der Waals surface area (Å²) < 4.78 is 11.2. The summed E-state index contributed by atoms with van der Waals surface area (Å²) in [7, 11) is 0. The fraction of sp³-hybridized carbons (Fsp3) is 0.773. The van der Waals surface area contributed by atoms with Crippen LogP contribution in [-0.2, 0) is 4.79 Å². The third kappa shape index (κ3) is 5.94. The number of aromatic nitrogens is 1. The van der Waals surface area contributed by atoms with Crippen molar-refractivity contribution in [3.8, 4) is 5.88 Å². The Labute approximate surface area is 188 Å². The Kier molecular flexibility index (Phi) is 7.57. The number of fused-ring (bicyclic) bond motifs is 2. The number of hydrogen-bond donors (Lipinski definition) is 3. The molecule has 3 rings (SSSR count). The Balaban J connectivity index is 1.73. The molecule has 0 radical (unpaired) electrons. The van der Waals surface area contributed by atoms with Crippen molar-refractivity contribution in [2.24, 2.45) is 28.9 Å². The van der Waals surface area contributed by atoms with Crippen LogP contribution in [0.2, 0.25) is 0 Å². The van der Waals surface area contributed by atoms with Crippen molar-refractivity contribution in [3.63, 3.8) is 0 Å². The Morgan fingerprint density at radius 2 is 2.06 bits per heavy atom. The normalized spacial score (nSPS) is 26.0. The standard InChI is InChI=1S/C22H35N3O5S/c1-12(2)10-31-18-17(30-25-20(18)29-11-22(3,4)21(23)28)19(27)24-16-6-5-13-7-14(16)9-15(26)8-13/h12-16,26H,5-11H2,1-4H3,(H2,23,28)(H,24,27)/t13?,14?,15-,16?/m0/s1. The molecule has 0 spiro atoms. The van der Waals surface area contributed by atoms with Crippen LogP contribution in [0.1, 0.15) is 70.4 Å². The number of nitrogens with two attached hydrogens (primary N) is 1. The van der Waals surface area contributed by atoms with Gasteiger partial charge in [0, 0.05) is 11.8 Å². The zero-order chi connectivity index (χ0) is 22.8. The highest BCUT2D eigenvalue weighted by Crippen LogP contribution is 2.40. The molecule has 4 atom stereocenters. The Morgan fingerprint density at radius 1 is 1.32 bits per heavy atom. The number of carbonyl (C=O) groups excluding carboxylic acids is 2. The first kappa shape index (κ1) is 23.9. The van der Waals surface area contributed by atoms with Gasteiger partial charge in [-0.25, -0.2) is 0 Å². The Morgan fingerprint density at radius 3 is 2.74 bits per heavy atom. The molecule has 0 aliphatic heterocycles. The lowest BCUT2D eigenvalue weighted by atomic mass is 9.69. The van der Waals surface area contributed by atoms with Crippen LogP contribution in [0.5, 0.6) is 5.88 Å². The van der Waals surface area contributed by atoms with E-state index in [0.29, 0.717) is 16.7 Å². The van der Waals surface area contributed by atoms with Gasteiger partial charge in [-0.05, 0) is 68.9 Å². The number of thioether (sulfide) groups is 1. The van der Waals surface area contributed by atoms with Crippen molar-refractivity contribution in [3.05, 3.63) is 5.76 Å². The first-order chi connectivity index (χ1) is 14.6. The molecule has 2 aliphatic carbocycles. The summed E-state index contributed by atoms with van der Waals surface area (Å²) in [6.07, 6.45) is 4.29. The zero-order valence-corrected chi connectivity index (χ0v) is 19.7. The van der Waals surface area contributed by atoms with Gasteiger partial charge in [0.25, 0.3) is 11.8 Å². The fourth-order valence-corrected chi connectivity index (χ4v) is 5.27. The quantitative estimate of drug-likeness (QED) is 0.490. The number of primary amides is 1. The minimum Gasteiger partial charge on any atom is -0.474 e. The smallest absolute Gasteiger partial charge is 0.291 e. The van der Waals surface area contributed by atoms with Crippen molar-refractivity contribution in [2.75, 3.05) is 12.4 Å². The van der Waals surface area contributed by atoms with E-state index in [9.17, 15) is 14.7 Å². The van der Waals surface area contributed by atoms with Gasteiger partial charge in [0.05, 0.1) is 11.5 Å². The van der Waals surface area contributed by atoms with Gasteiger partial charge in [-0.2, -0.15) is 0 Å². The minimum absolute atomic E-state index is 0.0184. The van der Waals surface area contributed by atoms with Crippen LogP contribution >= 0.6 is 11.8 Å². The molecule has 0 aromatic carbocycles. The zero-order valence-electron chi connectivity index (χ0n) is 18.8. The summed E-state index contributed by atoms with van der Waals surface area (Å²) in [5.74, 6) is 1.55.